The number of carbonyl (C=O) groups excluding carboxylic acids is 2. The first kappa shape index (κ1) is 29.3. The first-order chi connectivity index (χ1) is 5.11. The average molecular weight is 220 g/mol. The van der Waals surface area contributed by atoms with Gasteiger partial charge in [0.15, 0.2) is 0 Å². The van der Waals surface area contributed by atoms with Crippen molar-refractivity contribution < 1.29 is 9.59 Å². The molecular weight excluding hydrogens is 188 g/mol. The molecule has 96 valence electrons. The summed E-state index contributed by atoms with van der Waals surface area (Å²) >= 11 is 0. The number of hydrogen-bond donors (Lipinski definition) is 0. The summed E-state index contributed by atoms with van der Waals surface area (Å²) in [7, 11) is 0. The van der Waals surface area contributed by atoms with Gasteiger partial charge >= 0.3 is 0 Å². The highest BCUT2D eigenvalue weighted by Gasteiger charge is 2.13. The standard InChI is InChI=1S/C9H16O2.4CH4/c1-4-8(10)6-7(3)9(11)5-2;;;;/h7H,4-6H2,1-3H3;4*1H4. The van der Waals surface area contributed by atoms with Gasteiger partial charge in [-0.05, 0) is 0 Å². The Morgan fingerprint density at radius 3 is 1.60 bits per heavy atom. The van der Waals surface area contributed by atoms with Crippen LogP contribution in [0.5, 0.6) is 0 Å². The Bertz CT molecular complexity index is 151. The number of rotatable bonds is 5. The van der Waals surface area contributed by atoms with Crippen LogP contribution in [0.15, 0.2) is 0 Å². The van der Waals surface area contributed by atoms with Gasteiger partial charge in [0.05, 0.1) is 0 Å². The van der Waals surface area contributed by atoms with E-state index >= 15 is 0 Å². The molecule has 0 aromatic rings. The van der Waals surface area contributed by atoms with Gasteiger partial charge in [-0.25, -0.2) is 0 Å². The molecule has 0 saturated heterocycles. The molecule has 2 heteroatoms. The van der Waals surface area contributed by atoms with E-state index in [2.05, 4.69) is 0 Å². The molecule has 1 unspecified atom stereocenters. The molecule has 15 heavy (non-hydrogen) atoms. The van der Waals surface area contributed by atoms with Crippen molar-refractivity contribution in [3.63, 3.8) is 0 Å². The van der Waals surface area contributed by atoms with Crippen molar-refractivity contribution in [2.24, 2.45) is 5.92 Å². The molecule has 2 nitrogen and oxygen atoms in total. The number of hydrogen-bond acceptors (Lipinski definition) is 2. The SMILES string of the molecule is C.C.C.C.CCC(=O)CC(C)C(=O)CC. The fourth-order valence-electron chi connectivity index (χ4n) is 0.948. The summed E-state index contributed by atoms with van der Waals surface area (Å²) in [6.07, 6.45) is 1.50. The third kappa shape index (κ3) is 13.3. The molecule has 0 N–H and O–H groups in total. The molecular formula is C13H32O2. The minimum absolute atomic E-state index is 0. The fraction of sp³-hybridized carbons (Fsp3) is 0.846. The second-order valence-electron chi connectivity index (χ2n) is 2.82. The normalized spacial score (nSPS) is 9.27. The predicted octanol–water partition coefficient (Wildman–Crippen LogP) is 4.52. The number of Topliss-reactive ketones (excluding diaryl/α,β-unsaturated/α-hetero) is 2. The Balaban J connectivity index is -0.0000000833. The van der Waals surface area contributed by atoms with Crippen molar-refractivity contribution >= 4 is 11.6 Å². The van der Waals surface area contributed by atoms with Gasteiger partial charge in [0, 0.05) is 25.2 Å². The molecule has 0 bridgehead atoms. The maximum Gasteiger partial charge on any atom is 0.135 e. The van der Waals surface area contributed by atoms with Gasteiger partial charge < -0.3 is 0 Å². The van der Waals surface area contributed by atoms with Crippen LogP contribution >= 0.6 is 0 Å². The van der Waals surface area contributed by atoms with Gasteiger partial charge in [-0.15, -0.1) is 0 Å². The molecule has 0 aromatic heterocycles. The highest BCUT2D eigenvalue weighted by Crippen LogP contribution is 2.07. The van der Waals surface area contributed by atoms with Crippen molar-refractivity contribution in [2.75, 3.05) is 0 Å². The zero-order valence-corrected chi connectivity index (χ0v) is 7.52. The highest BCUT2D eigenvalue weighted by atomic mass is 16.1. The number of carbonyl (C=O) groups is 2. The Labute approximate surface area is 97.5 Å². The molecule has 0 aliphatic heterocycles. The lowest BCUT2D eigenvalue weighted by molar-refractivity contribution is -0.127. The molecule has 0 aliphatic carbocycles. The zero-order valence-electron chi connectivity index (χ0n) is 7.52. The van der Waals surface area contributed by atoms with Crippen LogP contribution in [0.25, 0.3) is 0 Å². The third-order valence-corrected chi connectivity index (χ3v) is 1.83. The van der Waals surface area contributed by atoms with E-state index in [1.807, 2.05) is 20.8 Å². The largest absolute Gasteiger partial charge is 0.300 e. The van der Waals surface area contributed by atoms with Crippen LogP contribution in [0.2, 0.25) is 0 Å². The molecule has 1 atom stereocenters. The van der Waals surface area contributed by atoms with Gasteiger partial charge in [-0.3, -0.25) is 9.59 Å². The van der Waals surface area contributed by atoms with Gasteiger partial charge in [-0.2, -0.15) is 0 Å². The predicted molar refractivity (Wildman–Crippen MR) is 71.3 cm³/mol. The van der Waals surface area contributed by atoms with Crippen LogP contribution in [0.1, 0.15) is 69.7 Å². The minimum atomic E-state index is -0.0764. The quantitative estimate of drug-likeness (QED) is 0.683. The highest BCUT2D eigenvalue weighted by molar-refractivity contribution is 5.87. The lowest BCUT2D eigenvalue weighted by Gasteiger charge is -2.05. The summed E-state index contributed by atoms with van der Waals surface area (Å²) in [6, 6.07) is 0. The van der Waals surface area contributed by atoms with Crippen LogP contribution < -0.4 is 0 Å². The summed E-state index contributed by atoms with van der Waals surface area (Å²) in [6.45, 7) is 5.47. The minimum Gasteiger partial charge on any atom is -0.300 e. The smallest absolute Gasteiger partial charge is 0.135 e. The van der Waals surface area contributed by atoms with E-state index in [1.54, 1.807) is 0 Å². The van der Waals surface area contributed by atoms with Crippen molar-refractivity contribution in [3.05, 3.63) is 0 Å². The van der Waals surface area contributed by atoms with E-state index in [0.29, 0.717) is 19.3 Å². The average Bonchev–Trinajstić information content (AvgIpc) is 2.02. The van der Waals surface area contributed by atoms with Crippen LogP contribution in [0.4, 0.5) is 0 Å². The molecule has 0 spiro atoms. The van der Waals surface area contributed by atoms with Crippen molar-refractivity contribution in [1.82, 2.24) is 0 Å². The summed E-state index contributed by atoms with van der Waals surface area (Å²) in [5, 5.41) is 0. The lowest BCUT2D eigenvalue weighted by Crippen LogP contribution is -2.13. The Hall–Kier alpha value is -0.660. The monoisotopic (exact) mass is 220 g/mol. The maximum absolute atomic E-state index is 11.0. The van der Waals surface area contributed by atoms with Gasteiger partial charge in [-0.1, -0.05) is 50.5 Å². The second-order valence-corrected chi connectivity index (χ2v) is 2.82. The molecule has 0 heterocycles. The van der Waals surface area contributed by atoms with E-state index in [4.69, 9.17) is 0 Å². The summed E-state index contributed by atoms with van der Waals surface area (Å²) in [5.74, 6) is 0.290. The Kier molecular flexibility index (Phi) is 30.8. The molecule has 0 rings (SSSR count). The second kappa shape index (κ2) is 15.8. The van der Waals surface area contributed by atoms with E-state index in [0.717, 1.165) is 0 Å². The van der Waals surface area contributed by atoms with E-state index in [-0.39, 0.29) is 47.2 Å². The molecule has 0 radical (unpaired) electrons. The molecule has 0 aromatic carbocycles. The molecule has 0 fully saturated rings. The molecule has 0 saturated carbocycles. The van der Waals surface area contributed by atoms with Crippen molar-refractivity contribution in [3.8, 4) is 0 Å². The summed E-state index contributed by atoms with van der Waals surface area (Å²) in [4.78, 5) is 21.9. The third-order valence-electron chi connectivity index (χ3n) is 1.83. The van der Waals surface area contributed by atoms with Gasteiger partial charge in [0.1, 0.15) is 11.6 Å². The van der Waals surface area contributed by atoms with E-state index in [1.165, 1.54) is 0 Å². The van der Waals surface area contributed by atoms with E-state index in [9.17, 15) is 9.59 Å². The van der Waals surface area contributed by atoms with Crippen LogP contribution in [-0.4, -0.2) is 11.6 Å². The van der Waals surface area contributed by atoms with Crippen LogP contribution in [-0.2, 0) is 9.59 Å². The summed E-state index contributed by atoms with van der Waals surface area (Å²) < 4.78 is 0. The first-order valence-corrected chi connectivity index (χ1v) is 4.16. The van der Waals surface area contributed by atoms with E-state index < -0.39 is 0 Å². The van der Waals surface area contributed by atoms with Gasteiger partial charge in [0.25, 0.3) is 0 Å². The first-order valence-electron chi connectivity index (χ1n) is 4.16. The topological polar surface area (TPSA) is 34.1 Å². The van der Waals surface area contributed by atoms with Crippen LogP contribution in [0.3, 0.4) is 0 Å². The fourth-order valence-corrected chi connectivity index (χ4v) is 0.948. The number of ketones is 2. The Morgan fingerprint density at radius 2 is 1.33 bits per heavy atom. The Morgan fingerprint density at radius 1 is 0.933 bits per heavy atom. The maximum atomic E-state index is 11.0. The lowest BCUT2D eigenvalue weighted by atomic mass is 9.97. The zero-order chi connectivity index (χ0) is 8.85. The van der Waals surface area contributed by atoms with Crippen molar-refractivity contribution in [1.29, 1.82) is 0 Å². The molecule has 0 aliphatic rings. The summed E-state index contributed by atoms with van der Waals surface area (Å²) in [5.41, 5.74) is 0. The van der Waals surface area contributed by atoms with Crippen molar-refractivity contribution in [2.45, 2.75) is 69.7 Å². The van der Waals surface area contributed by atoms with Crippen LogP contribution in [0, 0.1) is 5.92 Å². The molecule has 0 amide bonds. The van der Waals surface area contributed by atoms with Gasteiger partial charge in [0.2, 0.25) is 0 Å².